The van der Waals surface area contributed by atoms with Gasteiger partial charge in [-0.3, -0.25) is 10.1 Å². The summed E-state index contributed by atoms with van der Waals surface area (Å²) < 4.78 is 10.0. The van der Waals surface area contributed by atoms with E-state index in [1.807, 2.05) is 0 Å². The molecule has 20 heavy (non-hydrogen) atoms. The number of amides is 2. The lowest BCUT2D eigenvalue weighted by Crippen LogP contribution is -2.43. The van der Waals surface area contributed by atoms with E-state index in [1.54, 1.807) is 17.2 Å². The average molecular weight is 299 g/mol. The number of ether oxygens (including phenoxy) is 2. The Kier molecular flexibility index (Phi) is 5.31. The molecule has 2 amide bonds. The Morgan fingerprint density at radius 2 is 2.25 bits per heavy atom. The first kappa shape index (κ1) is 14.7. The lowest BCUT2D eigenvalue weighted by molar-refractivity contribution is -0.142. The summed E-state index contributed by atoms with van der Waals surface area (Å²) in [6.07, 6.45) is 0.123. The van der Waals surface area contributed by atoms with Crippen LogP contribution in [0.3, 0.4) is 0 Å². The lowest BCUT2D eigenvalue weighted by Gasteiger charge is -2.26. The van der Waals surface area contributed by atoms with Crippen molar-refractivity contribution in [1.82, 2.24) is 9.88 Å². The van der Waals surface area contributed by atoms with Crippen LogP contribution in [0.25, 0.3) is 0 Å². The molecule has 0 saturated carbocycles. The Balaban J connectivity index is 1.85. The number of carbonyl (C=O) groups excluding carboxylic acids is 2. The molecule has 0 spiro atoms. The highest BCUT2D eigenvalue weighted by atomic mass is 32.1. The second-order valence-electron chi connectivity index (χ2n) is 4.16. The zero-order valence-electron chi connectivity index (χ0n) is 11.3. The zero-order chi connectivity index (χ0) is 14.4. The number of hydrogen-bond donors (Lipinski definition) is 1. The highest BCUT2D eigenvalue weighted by Crippen LogP contribution is 2.17. The largest absolute Gasteiger partial charge is 0.466 e. The summed E-state index contributed by atoms with van der Waals surface area (Å²) in [6, 6.07) is -0.190. The van der Waals surface area contributed by atoms with Crippen LogP contribution in [-0.2, 0) is 20.7 Å². The number of morpholine rings is 1. The fraction of sp³-hybridized carbons (Fsp3) is 0.583. The summed E-state index contributed by atoms with van der Waals surface area (Å²) >= 11 is 1.29. The number of esters is 1. The minimum absolute atomic E-state index is 0.123. The van der Waals surface area contributed by atoms with Crippen LogP contribution in [0.4, 0.5) is 9.93 Å². The molecule has 7 nitrogen and oxygen atoms in total. The number of thiazole rings is 1. The van der Waals surface area contributed by atoms with E-state index in [4.69, 9.17) is 9.47 Å². The minimum Gasteiger partial charge on any atom is -0.466 e. The summed E-state index contributed by atoms with van der Waals surface area (Å²) in [7, 11) is 0. The fourth-order valence-corrected chi connectivity index (χ4v) is 2.44. The monoisotopic (exact) mass is 299 g/mol. The molecule has 1 N–H and O–H groups in total. The van der Waals surface area contributed by atoms with E-state index >= 15 is 0 Å². The number of nitrogens with one attached hydrogen (secondary N) is 1. The van der Waals surface area contributed by atoms with Crippen molar-refractivity contribution in [3.05, 3.63) is 11.1 Å². The van der Waals surface area contributed by atoms with Gasteiger partial charge in [0.2, 0.25) is 0 Å². The highest BCUT2D eigenvalue weighted by Gasteiger charge is 2.18. The smallest absolute Gasteiger partial charge is 0.323 e. The molecular formula is C12H17N3O4S. The maximum atomic E-state index is 11.9. The molecule has 1 aromatic heterocycles. The zero-order valence-corrected chi connectivity index (χ0v) is 12.1. The number of hydrogen-bond acceptors (Lipinski definition) is 6. The highest BCUT2D eigenvalue weighted by molar-refractivity contribution is 7.13. The van der Waals surface area contributed by atoms with Crippen molar-refractivity contribution in [3.63, 3.8) is 0 Å². The third kappa shape index (κ3) is 4.17. The van der Waals surface area contributed by atoms with Crippen molar-refractivity contribution in [2.75, 3.05) is 38.2 Å². The molecule has 1 fully saturated rings. The molecule has 1 aliphatic rings. The molecule has 2 heterocycles. The van der Waals surface area contributed by atoms with Gasteiger partial charge in [-0.25, -0.2) is 9.78 Å². The van der Waals surface area contributed by atoms with Gasteiger partial charge in [0, 0.05) is 18.5 Å². The maximum absolute atomic E-state index is 11.9. The molecule has 110 valence electrons. The molecule has 1 saturated heterocycles. The van der Waals surface area contributed by atoms with Crippen LogP contribution < -0.4 is 5.32 Å². The van der Waals surface area contributed by atoms with Crippen LogP contribution in [0.2, 0.25) is 0 Å². The van der Waals surface area contributed by atoms with E-state index < -0.39 is 0 Å². The van der Waals surface area contributed by atoms with E-state index in [0.29, 0.717) is 43.7 Å². The van der Waals surface area contributed by atoms with Crippen molar-refractivity contribution in [1.29, 1.82) is 0 Å². The average Bonchev–Trinajstić information content (AvgIpc) is 2.87. The van der Waals surface area contributed by atoms with Gasteiger partial charge in [-0.15, -0.1) is 11.3 Å². The Labute approximate surface area is 120 Å². The number of aromatic nitrogens is 1. The lowest BCUT2D eigenvalue weighted by atomic mass is 10.3. The van der Waals surface area contributed by atoms with Crippen LogP contribution in [0.1, 0.15) is 12.6 Å². The third-order valence-electron chi connectivity index (χ3n) is 2.69. The molecule has 0 radical (unpaired) electrons. The number of carbonyl (C=O) groups is 2. The summed E-state index contributed by atoms with van der Waals surface area (Å²) in [6.45, 7) is 4.37. The Morgan fingerprint density at radius 3 is 2.95 bits per heavy atom. The quantitative estimate of drug-likeness (QED) is 0.842. The van der Waals surface area contributed by atoms with Crippen molar-refractivity contribution < 1.29 is 19.1 Å². The van der Waals surface area contributed by atoms with Crippen molar-refractivity contribution in [3.8, 4) is 0 Å². The molecule has 8 heteroatoms. The first-order valence-corrected chi connectivity index (χ1v) is 7.30. The summed E-state index contributed by atoms with van der Waals surface area (Å²) in [5.41, 5.74) is 0.603. The second-order valence-corrected chi connectivity index (χ2v) is 5.01. The summed E-state index contributed by atoms with van der Waals surface area (Å²) in [5.74, 6) is -0.316. The molecule has 2 rings (SSSR count). The van der Waals surface area contributed by atoms with Gasteiger partial charge in [0.1, 0.15) is 0 Å². The molecule has 0 atom stereocenters. The van der Waals surface area contributed by atoms with Crippen LogP contribution in [0.5, 0.6) is 0 Å². The molecule has 0 aliphatic carbocycles. The second kappa shape index (κ2) is 7.20. The minimum atomic E-state index is -0.316. The molecule has 0 unspecified atom stereocenters. The summed E-state index contributed by atoms with van der Waals surface area (Å²) in [5, 5.41) is 4.95. The normalized spacial score (nSPS) is 14.9. The predicted octanol–water partition coefficient (Wildman–Crippen LogP) is 1.11. The number of rotatable bonds is 4. The van der Waals surface area contributed by atoms with Gasteiger partial charge >= 0.3 is 12.0 Å². The van der Waals surface area contributed by atoms with Crippen molar-refractivity contribution in [2.24, 2.45) is 0 Å². The third-order valence-corrected chi connectivity index (χ3v) is 3.50. The van der Waals surface area contributed by atoms with Crippen molar-refractivity contribution >= 4 is 28.5 Å². The van der Waals surface area contributed by atoms with E-state index in [1.165, 1.54) is 11.3 Å². The van der Waals surface area contributed by atoms with Gasteiger partial charge in [0.15, 0.2) is 5.13 Å². The Bertz CT molecular complexity index is 471. The van der Waals surface area contributed by atoms with E-state index in [-0.39, 0.29) is 18.4 Å². The first-order valence-electron chi connectivity index (χ1n) is 6.42. The van der Waals surface area contributed by atoms with E-state index in [9.17, 15) is 9.59 Å². The predicted molar refractivity (Wildman–Crippen MR) is 73.9 cm³/mol. The van der Waals surface area contributed by atoms with Crippen LogP contribution in [-0.4, -0.2) is 54.8 Å². The van der Waals surface area contributed by atoms with Gasteiger partial charge in [-0.2, -0.15) is 0 Å². The van der Waals surface area contributed by atoms with Gasteiger partial charge < -0.3 is 14.4 Å². The summed E-state index contributed by atoms with van der Waals surface area (Å²) in [4.78, 5) is 29.1. The molecule has 1 aromatic rings. The molecule has 1 aliphatic heterocycles. The molecule has 0 bridgehead atoms. The van der Waals surface area contributed by atoms with Crippen LogP contribution >= 0.6 is 11.3 Å². The van der Waals surface area contributed by atoms with Gasteiger partial charge in [-0.05, 0) is 6.92 Å². The van der Waals surface area contributed by atoms with Gasteiger partial charge in [0.25, 0.3) is 0 Å². The van der Waals surface area contributed by atoms with Crippen molar-refractivity contribution in [2.45, 2.75) is 13.3 Å². The number of anilines is 1. The van der Waals surface area contributed by atoms with E-state index in [0.717, 1.165) is 0 Å². The first-order chi connectivity index (χ1) is 9.69. The standard InChI is InChI=1S/C12H17N3O4S/c1-2-19-10(16)7-9-8-20-11(13-9)14-12(17)15-3-5-18-6-4-15/h8H,2-7H2,1H3,(H,13,14,17). The maximum Gasteiger partial charge on any atom is 0.323 e. The Hall–Kier alpha value is -1.67. The number of nitrogens with zero attached hydrogens (tertiary/aromatic N) is 2. The SMILES string of the molecule is CCOC(=O)Cc1csc(NC(=O)N2CCOCC2)n1. The molecule has 0 aromatic carbocycles. The van der Waals surface area contributed by atoms with Gasteiger partial charge in [-0.1, -0.05) is 0 Å². The number of urea groups is 1. The van der Waals surface area contributed by atoms with Crippen LogP contribution in [0, 0.1) is 0 Å². The van der Waals surface area contributed by atoms with E-state index in [2.05, 4.69) is 10.3 Å². The Morgan fingerprint density at radius 1 is 1.50 bits per heavy atom. The van der Waals surface area contributed by atoms with Crippen LogP contribution in [0.15, 0.2) is 5.38 Å². The molecular weight excluding hydrogens is 282 g/mol. The fourth-order valence-electron chi connectivity index (χ4n) is 1.74. The van der Waals surface area contributed by atoms with Gasteiger partial charge in [0.05, 0.1) is 31.9 Å². The topological polar surface area (TPSA) is 80.8 Å².